The fourth-order valence-electron chi connectivity index (χ4n) is 3.76. The lowest BCUT2D eigenvalue weighted by Gasteiger charge is -2.27. The first-order valence-corrected chi connectivity index (χ1v) is 17.2. The SMILES string of the molecule is CC(C)S(=O)(=O)N1CCCC1.CC(C)S(=O)(=O)N1CCCCC1.CC(C)S(=O)(=O)N1CCOCC1. The lowest BCUT2D eigenvalue weighted by atomic mass is 10.2. The molecule has 0 radical (unpaired) electrons. The van der Waals surface area contributed by atoms with Crippen LogP contribution in [0.5, 0.6) is 0 Å². The zero-order chi connectivity index (χ0) is 26.9. The molecule has 10 nitrogen and oxygen atoms in total. The number of nitrogens with zero attached hydrogens (tertiary/aromatic N) is 3. The van der Waals surface area contributed by atoms with Crippen LogP contribution in [0.1, 0.15) is 73.6 Å². The summed E-state index contributed by atoms with van der Waals surface area (Å²) in [6, 6.07) is 0. The Morgan fingerprint density at radius 2 is 0.714 bits per heavy atom. The molecule has 0 aromatic rings. The van der Waals surface area contributed by atoms with Gasteiger partial charge in [0, 0.05) is 39.3 Å². The normalized spacial score (nSPS) is 21.5. The molecule has 0 unspecified atom stereocenters. The van der Waals surface area contributed by atoms with Crippen LogP contribution in [0.4, 0.5) is 0 Å². The van der Waals surface area contributed by atoms with Gasteiger partial charge in [0.05, 0.1) is 29.0 Å². The average Bonchev–Trinajstić information content (AvgIpc) is 3.37. The van der Waals surface area contributed by atoms with Crippen molar-refractivity contribution in [1.82, 2.24) is 12.9 Å². The molecule has 3 aliphatic heterocycles. The fraction of sp³-hybridized carbons (Fsp3) is 1.00. The molecule has 3 saturated heterocycles. The zero-order valence-electron chi connectivity index (χ0n) is 22.3. The Kier molecular flexibility index (Phi) is 13.6. The first-order chi connectivity index (χ1) is 16.1. The van der Waals surface area contributed by atoms with Gasteiger partial charge in [-0.1, -0.05) is 6.42 Å². The summed E-state index contributed by atoms with van der Waals surface area (Å²) in [6.07, 6.45) is 5.25. The van der Waals surface area contributed by atoms with Gasteiger partial charge in [-0.05, 0) is 67.2 Å². The molecule has 35 heavy (non-hydrogen) atoms. The van der Waals surface area contributed by atoms with Gasteiger partial charge in [-0.3, -0.25) is 0 Å². The second kappa shape index (κ2) is 14.6. The Morgan fingerprint density at radius 3 is 1.00 bits per heavy atom. The van der Waals surface area contributed by atoms with Crippen LogP contribution in [0, 0.1) is 0 Å². The molecule has 3 fully saturated rings. The number of ether oxygens (including phenoxy) is 1. The highest BCUT2D eigenvalue weighted by Gasteiger charge is 2.28. The highest BCUT2D eigenvalue weighted by Crippen LogP contribution is 2.17. The number of morpholine rings is 1. The summed E-state index contributed by atoms with van der Waals surface area (Å²) < 4.78 is 79.0. The van der Waals surface area contributed by atoms with Gasteiger partial charge in [-0.15, -0.1) is 0 Å². The molecule has 0 aromatic carbocycles. The standard InChI is InChI=1S/C8H17NO2S.C7H15NO3S.C7H15NO2S/c1-8(2)12(10,11)9-6-4-3-5-7-9;1-7(2)12(9,10)8-3-5-11-6-4-8;1-7(2)11(9,10)8-5-3-4-6-8/h8H,3-7H2,1-2H3;7H,3-6H2,1-2H3;7H,3-6H2,1-2H3. The Labute approximate surface area is 214 Å². The second-order valence-electron chi connectivity index (χ2n) is 9.86. The van der Waals surface area contributed by atoms with E-state index in [0.29, 0.717) is 26.3 Å². The maximum atomic E-state index is 11.6. The Morgan fingerprint density at radius 1 is 0.457 bits per heavy atom. The number of hydrogen-bond acceptors (Lipinski definition) is 7. The Hall–Kier alpha value is -0.310. The molecular weight excluding hydrogens is 514 g/mol. The number of hydrogen-bond donors (Lipinski definition) is 0. The van der Waals surface area contributed by atoms with E-state index in [0.717, 1.165) is 51.9 Å². The summed E-state index contributed by atoms with van der Waals surface area (Å²) in [5.41, 5.74) is 0. The predicted molar refractivity (Wildman–Crippen MR) is 141 cm³/mol. The lowest BCUT2D eigenvalue weighted by Crippen LogP contribution is -2.43. The summed E-state index contributed by atoms with van der Waals surface area (Å²) in [4.78, 5) is 0. The maximum absolute atomic E-state index is 11.6. The molecule has 210 valence electrons. The molecule has 0 amide bonds. The highest BCUT2D eigenvalue weighted by molar-refractivity contribution is 7.90. The second-order valence-corrected chi connectivity index (χ2v) is 17.3. The third kappa shape index (κ3) is 9.82. The number of piperidine rings is 1. The van der Waals surface area contributed by atoms with Gasteiger partial charge < -0.3 is 4.74 Å². The molecule has 0 saturated carbocycles. The summed E-state index contributed by atoms with van der Waals surface area (Å²) in [5.74, 6) is 0. The number of rotatable bonds is 6. The van der Waals surface area contributed by atoms with Gasteiger partial charge in [-0.2, -0.15) is 4.31 Å². The summed E-state index contributed by atoms with van der Waals surface area (Å²) in [5, 5.41) is -0.855. The number of sulfonamides is 3. The fourth-order valence-corrected chi connectivity index (χ4v) is 7.74. The molecule has 0 N–H and O–H groups in total. The molecule has 3 rings (SSSR count). The smallest absolute Gasteiger partial charge is 0.216 e. The van der Waals surface area contributed by atoms with Crippen molar-refractivity contribution in [3.05, 3.63) is 0 Å². The lowest BCUT2D eigenvalue weighted by molar-refractivity contribution is 0.0727. The van der Waals surface area contributed by atoms with E-state index in [4.69, 9.17) is 4.74 Å². The van der Waals surface area contributed by atoms with Crippen LogP contribution in [-0.4, -0.2) is 106 Å². The first kappa shape index (κ1) is 32.7. The van der Waals surface area contributed by atoms with Gasteiger partial charge in [0.2, 0.25) is 30.1 Å². The van der Waals surface area contributed by atoms with Crippen molar-refractivity contribution in [2.24, 2.45) is 0 Å². The monoisotopic (exact) mass is 561 g/mol. The largest absolute Gasteiger partial charge is 0.379 e. The Bertz CT molecular complexity index is 863. The minimum absolute atomic E-state index is 0.263. The summed E-state index contributed by atoms with van der Waals surface area (Å²) >= 11 is 0. The average molecular weight is 562 g/mol. The quantitative estimate of drug-likeness (QED) is 0.487. The summed E-state index contributed by atoms with van der Waals surface area (Å²) in [7, 11) is -8.96. The molecule has 0 aliphatic carbocycles. The highest BCUT2D eigenvalue weighted by atomic mass is 32.2. The van der Waals surface area contributed by atoms with Gasteiger partial charge in [-0.25, -0.2) is 33.9 Å². The van der Waals surface area contributed by atoms with Crippen LogP contribution in [0.3, 0.4) is 0 Å². The van der Waals surface area contributed by atoms with E-state index in [-0.39, 0.29) is 15.7 Å². The van der Waals surface area contributed by atoms with Crippen molar-refractivity contribution in [2.45, 2.75) is 89.4 Å². The van der Waals surface area contributed by atoms with E-state index in [1.165, 1.54) is 10.7 Å². The van der Waals surface area contributed by atoms with E-state index in [1.807, 2.05) is 0 Å². The Balaban J connectivity index is 0.000000263. The van der Waals surface area contributed by atoms with Crippen LogP contribution < -0.4 is 0 Å². The van der Waals surface area contributed by atoms with Crippen LogP contribution in [0.25, 0.3) is 0 Å². The topological polar surface area (TPSA) is 121 Å². The third-order valence-electron chi connectivity index (χ3n) is 6.22. The van der Waals surface area contributed by atoms with Crippen molar-refractivity contribution >= 4 is 30.1 Å². The molecule has 0 bridgehead atoms. The van der Waals surface area contributed by atoms with E-state index >= 15 is 0 Å². The molecule has 0 spiro atoms. The predicted octanol–water partition coefficient (Wildman–Crippen LogP) is 2.09. The van der Waals surface area contributed by atoms with Crippen molar-refractivity contribution < 1.29 is 30.0 Å². The van der Waals surface area contributed by atoms with Crippen molar-refractivity contribution in [3.63, 3.8) is 0 Å². The molecule has 13 heteroatoms. The molecule has 0 atom stereocenters. The minimum atomic E-state index is -3.05. The molecule has 0 aromatic heterocycles. The third-order valence-corrected chi connectivity index (χ3v) is 13.0. The van der Waals surface area contributed by atoms with Gasteiger partial charge in [0.1, 0.15) is 0 Å². The van der Waals surface area contributed by atoms with Gasteiger partial charge in [0.25, 0.3) is 0 Å². The van der Waals surface area contributed by atoms with Crippen LogP contribution in [0.15, 0.2) is 0 Å². The van der Waals surface area contributed by atoms with Crippen molar-refractivity contribution in [1.29, 1.82) is 0 Å². The van der Waals surface area contributed by atoms with Crippen LogP contribution in [0.2, 0.25) is 0 Å². The van der Waals surface area contributed by atoms with Crippen LogP contribution >= 0.6 is 0 Å². The van der Waals surface area contributed by atoms with E-state index in [2.05, 4.69) is 0 Å². The van der Waals surface area contributed by atoms with Crippen molar-refractivity contribution in [2.75, 3.05) is 52.5 Å². The van der Waals surface area contributed by atoms with E-state index in [1.54, 1.807) is 50.2 Å². The van der Waals surface area contributed by atoms with Gasteiger partial charge >= 0.3 is 0 Å². The molecular formula is C22H47N3O7S3. The van der Waals surface area contributed by atoms with E-state index < -0.39 is 30.1 Å². The molecule has 3 heterocycles. The van der Waals surface area contributed by atoms with Gasteiger partial charge in [0.15, 0.2) is 0 Å². The zero-order valence-corrected chi connectivity index (χ0v) is 24.8. The van der Waals surface area contributed by atoms with Crippen molar-refractivity contribution in [3.8, 4) is 0 Å². The molecule has 3 aliphatic rings. The van der Waals surface area contributed by atoms with Crippen LogP contribution in [-0.2, 0) is 34.8 Å². The minimum Gasteiger partial charge on any atom is -0.379 e. The summed E-state index contributed by atoms with van der Waals surface area (Å²) in [6.45, 7) is 15.3. The maximum Gasteiger partial charge on any atom is 0.216 e. The first-order valence-electron chi connectivity index (χ1n) is 12.7. The van der Waals surface area contributed by atoms with E-state index in [9.17, 15) is 25.3 Å².